The van der Waals surface area contributed by atoms with Crippen molar-refractivity contribution in [2.45, 2.75) is 30.7 Å². The minimum absolute atomic E-state index is 0.0165. The number of nitrogens with zero attached hydrogens (tertiary/aromatic N) is 4. The third kappa shape index (κ3) is 4.33. The highest BCUT2D eigenvalue weighted by Crippen LogP contribution is 2.17. The molecule has 0 saturated carbocycles. The highest BCUT2D eigenvalue weighted by Gasteiger charge is 2.17. The molecule has 1 saturated heterocycles. The fourth-order valence-corrected chi connectivity index (χ4v) is 3.73. The minimum atomic E-state index is -3.79. The van der Waals surface area contributed by atoms with Gasteiger partial charge in [-0.3, -0.25) is 10.1 Å². The zero-order chi connectivity index (χ0) is 18.6. The maximum absolute atomic E-state index is 12.3. The lowest BCUT2D eigenvalue weighted by molar-refractivity contribution is -0.384. The molecule has 0 atom stereocenters. The number of non-ortho nitro benzene ring substituents is 1. The lowest BCUT2D eigenvalue weighted by Crippen LogP contribution is -2.31. The fourth-order valence-electron chi connectivity index (χ4n) is 2.73. The predicted molar refractivity (Wildman–Crippen MR) is 95.2 cm³/mol. The summed E-state index contributed by atoms with van der Waals surface area (Å²) in [6, 6.07) is 6.40. The number of hydrogen-bond acceptors (Lipinski definition) is 7. The zero-order valence-electron chi connectivity index (χ0n) is 14.0. The van der Waals surface area contributed by atoms with Crippen molar-refractivity contribution in [2.75, 3.05) is 18.0 Å². The van der Waals surface area contributed by atoms with Crippen LogP contribution in [0.5, 0.6) is 0 Å². The number of piperidine rings is 1. The molecule has 2 heterocycles. The Hall–Kier alpha value is -2.59. The van der Waals surface area contributed by atoms with E-state index < -0.39 is 14.9 Å². The van der Waals surface area contributed by atoms with Gasteiger partial charge in [0.05, 0.1) is 22.1 Å². The molecule has 0 radical (unpaired) electrons. The summed E-state index contributed by atoms with van der Waals surface area (Å²) in [5.41, 5.74) is 0.400. The number of nitro benzene ring substituents is 1. The van der Waals surface area contributed by atoms with E-state index in [4.69, 9.17) is 0 Å². The first-order valence-corrected chi connectivity index (χ1v) is 9.75. The lowest BCUT2D eigenvalue weighted by Gasteiger charge is -2.26. The van der Waals surface area contributed by atoms with Crippen LogP contribution in [-0.4, -0.2) is 36.4 Å². The van der Waals surface area contributed by atoms with Crippen LogP contribution in [0.1, 0.15) is 25.0 Å². The molecule has 1 fully saturated rings. The molecule has 1 N–H and O–H groups in total. The Kier molecular flexibility index (Phi) is 5.43. The molecule has 0 spiro atoms. The Morgan fingerprint density at radius 3 is 2.46 bits per heavy atom. The van der Waals surface area contributed by atoms with Crippen molar-refractivity contribution >= 4 is 21.7 Å². The average Bonchev–Trinajstić information content (AvgIpc) is 2.67. The third-order valence-electron chi connectivity index (χ3n) is 4.14. The second-order valence-corrected chi connectivity index (χ2v) is 7.74. The molecule has 0 amide bonds. The van der Waals surface area contributed by atoms with Crippen LogP contribution in [0.25, 0.3) is 0 Å². The van der Waals surface area contributed by atoms with E-state index in [1.54, 1.807) is 12.3 Å². The van der Waals surface area contributed by atoms with Crippen molar-refractivity contribution < 1.29 is 13.3 Å². The molecule has 2 aromatic rings. The van der Waals surface area contributed by atoms with Gasteiger partial charge in [-0.2, -0.15) is 0 Å². The maximum Gasteiger partial charge on any atom is 0.269 e. The quantitative estimate of drug-likeness (QED) is 0.603. The summed E-state index contributed by atoms with van der Waals surface area (Å²) in [6.07, 6.45) is 5.01. The highest BCUT2D eigenvalue weighted by atomic mass is 32.2. The second kappa shape index (κ2) is 7.75. The molecule has 1 aromatic heterocycles. The van der Waals surface area contributed by atoms with Gasteiger partial charge in [0.2, 0.25) is 16.0 Å². The Balaban J connectivity index is 1.68. The van der Waals surface area contributed by atoms with E-state index in [0.29, 0.717) is 11.6 Å². The van der Waals surface area contributed by atoms with E-state index in [1.165, 1.54) is 18.6 Å². The number of aromatic nitrogens is 2. The van der Waals surface area contributed by atoms with Crippen molar-refractivity contribution in [3.8, 4) is 0 Å². The number of anilines is 1. The van der Waals surface area contributed by atoms with E-state index in [1.807, 2.05) is 0 Å². The molecule has 138 valence electrons. The monoisotopic (exact) mass is 377 g/mol. The molecule has 0 aliphatic carbocycles. The van der Waals surface area contributed by atoms with Gasteiger partial charge in [-0.25, -0.2) is 23.1 Å². The molecule has 0 bridgehead atoms. The average molecular weight is 377 g/mol. The summed E-state index contributed by atoms with van der Waals surface area (Å²) >= 11 is 0. The molecule has 0 unspecified atom stereocenters. The summed E-state index contributed by atoms with van der Waals surface area (Å²) < 4.78 is 27.1. The molecule has 1 aromatic carbocycles. The highest BCUT2D eigenvalue weighted by molar-refractivity contribution is 7.89. The van der Waals surface area contributed by atoms with Crippen LogP contribution >= 0.6 is 0 Å². The van der Waals surface area contributed by atoms with Gasteiger partial charge >= 0.3 is 0 Å². The van der Waals surface area contributed by atoms with Gasteiger partial charge in [0.15, 0.2) is 0 Å². The van der Waals surface area contributed by atoms with E-state index >= 15 is 0 Å². The van der Waals surface area contributed by atoms with Crippen molar-refractivity contribution in [2.24, 2.45) is 0 Å². The smallest absolute Gasteiger partial charge is 0.269 e. The van der Waals surface area contributed by atoms with Crippen LogP contribution in [0, 0.1) is 10.1 Å². The number of benzene rings is 1. The molecule has 9 nitrogen and oxygen atoms in total. The Bertz CT molecular complexity index is 880. The van der Waals surface area contributed by atoms with E-state index in [0.717, 1.165) is 38.1 Å². The van der Waals surface area contributed by atoms with Crippen LogP contribution in [-0.2, 0) is 16.6 Å². The molecule has 3 rings (SSSR count). The normalized spacial score (nSPS) is 15.0. The SMILES string of the molecule is O=[N+]([O-])c1ccc(S(=O)(=O)NCc2ccnc(N3CCCCC3)n2)cc1. The Labute approximate surface area is 151 Å². The van der Waals surface area contributed by atoms with Gasteiger partial charge in [-0.15, -0.1) is 0 Å². The van der Waals surface area contributed by atoms with Gasteiger partial charge in [-0.1, -0.05) is 0 Å². The van der Waals surface area contributed by atoms with E-state index in [9.17, 15) is 18.5 Å². The van der Waals surface area contributed by atoms with Gasteiger partial charge in [0, 0.05) is 31.4 Å². The van der Waals surface area contributed by atoms with Crippen molar-refractivity contribution in [1.29, 1.82) is 0 Å². The largest absolute Gasteiger partial charge is 0.341 e. The fraction of sp³-hybridized carbons (Fsp3) is 0.375. The summed E-state index contributed by atoms with van der Waals surface area (Å²) in [7, 11) is -3.79. The Morgan fingerprint density at radius 2 is 1.81 bits per heavy atom. The van der Waals surface area contributed by atoms with E-state index in [2.05, 4.69) is 19.6 Å². The molecular weight excluding hydrogens is 358 g/mol. The number of sulfonamides is 1. The van der Waals surface area contributed by atoms with Gasteiger partial charge in [-0.05, 0) is 37.5 Å². The summed E-state index contributed by atoms with van der Waals surface area (Å²) in [4.78, 5) is 20.8. The molecule has 26 heavy (non-hydrogen) atoms. The van der Waals surface area contributed by atoms with E-state index in [-0.39, 0.29) is 17.1 Å². The van der Waals surface area contributed by atoms with Crippen molar-refractivity contribution in [3.63, 3.8) is 0 Å². The second-order valence-electron chi connectivity index (χ2n) is 5.97. The number of nitrogens with one attached hydrogen (secondary N) is 1. The summed E-state index contributed by atoms with van der Waals surface area (Å²) in [5, 5.41) is 10.7. The third-order valence-corrected chi connectivity index (χ3v) is 5.56. The number of nitro groups is 1. The van der Waals surface area contributed by atoms with Crippen LogP contribution in [0.3, 0.4) is 0 Å². The lowest BCUT2D eigenvalue weighted by atomic mass is 10.1. The summed E-state index contributed by atoms with van der Waals surface area (Å²) in [5.74, 6) is 0.608. The molecular formula is C16H19N5O4S. The van der Waals surface area contributed by atoms with Crippen LogP contribution < -0.4 is 9.62 Å². The maximum atomic E-state index is 12.3. The van der Waals surface area contributed by atoms with Crippen LogP contribution in [0.4, 0.5) is 11.6 Å². The molecule has 10 heteroatoms. The first kappa shape index (κ1) is 18.2. The topological polar surface area (TPSA) is 118 Å². The first-order chi connectivity index (χ1) is 12.5. The first-order valence-electron chi connectivity index (χ1n) is 8.27. The summed E-state index contributed by atoms with van der Waals surface area (Å²) in [6.45, 7) is 1.82. The Morgan fingerprint density at radius 1 is 1.12 bits per heavy atom. The van der Waals surface area contributed by atoms with Gasteiger partial charge in [0.1, 0.15) is 0 Å². The minimum Gasteiger partial charge on any atom is -0.341 e. The standard InChI is InChI=1S/C16H19N5O4S/c22-21(23)14-4-6-15(7-5-14)26(24,25)18-12-13-8-9-17-16(19-13)20-10-2-1-3-11-20/h4-9,18H,1-3,10-12H2. The van der Waals surface area contributed by atoms with Gasteiger partial charge < -0.3 is 4.90 Å². The van der Waals surface area contributed by atoms with Crippen LogP contribution in [0.2, 0.25) is 0 Å². The van der Waals surface area contributed by atoms with Crippen LogP contribution in [0.15, 0.2) is 41.4 Å². The van der Waals surface area contributed by atoms with Crippen molar-refractivity contribution in [1.82, 2.24) is 14.7 Å². The molecule has 1 aliphatic rings. The predicted octanol–water partition coefficient (Wildman–Crippen LogP) is 1.85. The number of rotatable bonds is 6. The molecule has 1 aliphatic heterocycles. The zero-order valence-corrected chi connectivity index (χ0v) is 14.9. The number of hydrogen-bond donors (Lipinski definition) is 1. The van der Waals surface area contributed by atoms with Gasteiger partial charge in [0.25, 0.3) is 5.69 Å². The van der Waals surface area contributed by atoms with Crippen molar-refractivity contribution in [3.05, 3.63) is 52.3 Å².